The van der Waals surface area contributed by atoms with Crippen molar-refractivity contribution >= 4 is 0 Å². The van der Waals surface area contributed by atoms with E-state index in [-0.39, 0.29) is 29.8 Å². The molecule has 320 valence electrons. The first kappa shape index (κ1) is 42.9. The van der Waals surface area contributed by atoms with E-state index in [0.29, 0.717) is 38.3 Å². The molecule has 0 spiro atoms. The molecule has 0 bridgehead atoms. The third-order valence-corrected chi connectivity index (χ3v) is 16.1. The van der Waals surface area contributed by atoms with E-state index in [1.165, 1.54) is 57.8 Å². The van der Waals surface area contributed by atoms with Gasteiger partial charge in [0.05, 0.1) is 38.6 Å². The number of allylic oxidation sites excluding steroid dienone is 1. The van der Waals surface area contributed by atoms with Gasteiger partial charge in [0.15, 0.2) is 6.29 Å². The minimum Gasteiger partial charge on any atom is -0.374 e. The van der Waals surface area contributed by atoms with Gasteiger partial charge in [-0.2, -0.15) is 0 Å². The molecule has 12 atom stereocenters. The molecular formula is C54H74O5. The van der Waals surface area contributed by atoms with Crippen molar-refractivity contribution in [1.82, 2.24) is 0 Å². The molecule has 3 saturated carbocycles. The lowest BCUT2D eigenvalue weighted by Crippen LogP contribution is -2.54. The second-order valence-corrected chi connectivity index (χ2v) is 20.2. The van der Waals surface area contributed by atoms with Crippen molar-refractivity contribution in [2.45, 2.75) is 162 Å². The molecule has 0 radical (unpaired) electrons. The van der Waals surface area contributed by atoms with E-state index >= 15 is 0 Å². The second-order valence-electron chi connectivity index (χ2n) is 20.2. The molecule has 0 aromatic heterocycles. The number of hydrogen-bond acceptors (Lipinski definition) is 5. The molecule has 5 heteroatoms. The Bertz CT molecular complexity index is 1760. The van der Waals surface area contributed by atoms with Crippen molar-refractivity contribution in [1.29, 1.82) is 0 Å². The summed E-state index contributed by atoms with van der Waals surface area (Å²) in [5.74, 6) is 5.08. The van der Waals surface area contributed by atoms with Crippen LogP contribution in [0.3, 0.4) is 0 Å². The van der Waals surface area contributed by atoms with Gasteiger partial charge in [0.2, 0.25) is 0 Å². The summed E-state index contributed by atoms with van der Waals surface area (Å²) in [6, 6.07) is 31.2. The predicted molar refractivity (Wildman–Crippen MR) is 237 cm³/mol. The maximum absolute atomic E-state index is 7.07. The first-order chi connectivity index (χ1) is 28.7. The first-order valence-electron chi connectivity index (χ1n) is 23.6. The summed E-state index contributed by atoms with van der Waals surface area (Å²) in [4.78, 5) is 0. The summed E-state index contributed by atoms with van der Waals surface area (Å²) in [5, 5.41) is 0. The van der Waals surface area contributed by atoms with Gasteiger partial charge in [-0.15, -0.1) is 0 Å². The minimum absolute atomic E-state index is 0.134. The van der Waals surface area contributed by atoms with Gasteiger partial charge in [0.25, 0.3) is 0 Å². The summed E-state index contributed by atoms with van der Waals surface area (Å²) in [5.41, 5.74) is 5.88. The van der Waals surface area contributed by atoms with Gasteiger partial charge < -0.3 is 23.7 Å². The van der Waals surface area contributed by atoms with Crippen LogP contribution < -0.4 is 0 Å². The van der Waals surface area contributed by atoms with Crippen LogP contribution in [0.5, 0.6) is 0 Å². The molecule has 1 heterocycles. The topological polar surface area (TPSA) is 46.2 Å². The molecule has 4 fully saturated rings. The van der Waals surface area contributed by atoms with Gasteiger partial charge >= 0.3 is 0 Å². The SMILES string of the molecule is CC(C)CCC[C@@H](C)[C@H]1CC[C@H]2[C@@H]3CC=C4C[C@@H](OC5CC(OCc6ccccc6)C(OCc6ccccc6)C(COCc6ccccc6)O5)CC[C@]4(C)[C@H]3CC[C@]12C. The van der Waals surface area contributed by atoms with Gasteiger partial charge in [0.1, 0.15) is 12.2 Å². The van der Waals surface area contributed by atoms with Crippen LogP contribution >= 0.6 is 0 Å². The fraction of sp³-hybridized carbons (Fsp3) is 0.630. The zero-order chi connectivity index (χ0) is 40.8. The zero-order valence-corrected chi connectivity index (χ0v) is 36.9. The van der Waals surface area contributed by atoms with Crippen LogP contribution in [0.1, 0.15) is 128 Å². The van der Waals surface area contributed by atoms with Crippen LogP contribution in [0, 0.1) is 46.3 Å². The Morgan fingerprint density at radius 1 is 0.712 bits per heavy atom. The lowest BCUT2D eigenvalue weighted by Gasteiger charge is -2.58. The molecule has 8 rings (SSSR count). The Hall–Kier alpha value is -2.80. The average molecular weight is 803 g/mol. The number of hydrogen-bond donors (Lipinski definition) is 0. The Kier molecular flexibility index (Phi) is 14.2. The van der Waals surface area contributed by atoms with Crippen LogP contribution in [0.25, 0.3) is 0 Å². The third kappa shape index (κ3) is 9.97. The van der Waals surface area contributed by atoms with Crippen molar-refractivity contribution in [2.24, 2.45) is 46.3 Å². The highest BCUT2D eigenvalue weighted by molar-refractivity contribution is 5.26. The normalized spacial score (nSPS) is 34.7. The van der Waals surface area contributed by atoms with Crippen molar-refractivity contribution in [2.75, 3.05) is 6.61 Å². The van der Waals surface area contributed by atoms with Crippen molar-refractivity contribution in [3.8, 4) is 0 Å². The maximum Gasteiger partial charge on any atom is 0.161 e. The van der Waals surface area contributed by atoms with Gasteiger partial charge in [-0.3, -0.25) is 0 Å². The van der Waals surface area contributed by atoms with Gasteiger partial charge in [-0.05, 0) is 114 Å². The highest BCUT2D eigenvalue weighted by Gasteiger charge is 2.59. The van der Waals surface area contributed by atoms with E-state index < -0.39 is 6.29 Å². The van der Waals surface area contributed by atoms with E-state index in [2.05, 4.69) is 120 Å². The lowest BCUT2D eigenvalue weighted by atomic mass is 9.47. The quantitative estimate of drug-likeness (QED) is 0.127. The minimum atomic E-state index is -0.391. The number of fused-ring (bicyclic) bond motifs is 5. The highest BCUT2D eigenvalue weighted by atomic mass is 16.7. The van der Waals surface area contributed by atoms with Gasteiger partial charge in [-0.25, -0.2) is 0 Å². The first-order valence-corrected chi connectivity index (χ1v) is 23.6. The standard InChI is InChI=1S/C54H74O5/c1-38(2)16-15-17-39(3)46-26-27-47-45-25-24-43-32-44(28-30-53(43,4)48(45)29-31-54(46,47)5)58-51-33-49(56-35-41-20-11-7-12-21-41)52(57-36-42-22-13-8-14-23-42)50(59-51)37-55-34-40-18-9-6-10-19-40/h6-14,18-24,38-39,44-52H,15-17,25-37H2,1-5H3/t39-,44+,45+,46-,47+,48+,49?,50?,51?,52?,53+,54-/m1/s1. The van der Waals surface area contributed by atoms with Gasteiger partial charge in [-0.1, -0.05) is 157 Å². The van der Waals surface area contributed by atoms with Crippen molar-refractivity contribution in [3.63, 3.8) is 0 Å². The van der Waals surface area contributed by atoms with E-state index in [1.54, 1.807) is 5.57 Å². The lowest BCUT2D eigenvalue weighted by molar-refractivity contribution is -0.290. The second kappa shape index (κ2) is 19.5. The molecule has 5 nitrogen and oxygen atoms in total. The molecule has 0 N–H and O–H groups in total. The van der Waals surface area contributed by atoms with Crippen LogP contribution in [0.2, 0.25) is 0 Å². The number of benzene rings is 3. The van der Waals surface area contributed by atoms with E-state index in [4.69, 9.17) is 23.7 Å². The highest BCUT2D eigenvalue weighted by Crippen LogP contribution is 2.67. The summed E-state index contributed by atoms with van der Waals surface area (Å²) < 4.78 is 33.9. The van der Waals surface area contributed by atoms with Crippen LogP contribution in [0.15, 0.2) is 103 Å². The molecule has 0 amide bonds. The number of ether oxygens (including phenoxy) is 5. The van der Waals surface area contributed by atoms with Gasteiger partial charge in [0, 0.05) is 6.42 Å². The average Bonchev–Trinajstić information content (AvgIpc) is 3.61. The molecule has 3 aromatic carbocycles. The molecule has 5 aliphatic rings. The summed E-state index contributed by atoms with van der Waals surface area (Å²) in [6.45, 7) is 14.6. The third-order valence-electron chi connectivity index (χ3n) is 16.1. The Morgan fingerprint density at radius 3 is 2.05 bits per heavy atom. The smallest absolute Gasteiger partial charge is 0.161 e. The van der Waals surface area contributed by atoms with E-state index in [1.807, 2.05) is 12.1 Å². The summed E-state index contributed by atoms with van der Waals surface area (Å²) in [7, 11) is 0. The molecule has 1 aliphatic heterocycles. The molecule has 59 heavy (non-hydrogen) atoms. The number of rotatable bonds is 17. The molecule has 1 saturated heterocycles. The van der Waals surface area contributed by atoms with Crippen molar-refractivity contribution < 1.29 is 23.7 Å². The molecular weight excluding hydrogens is 729 g/mol. The fourth-order valence-electron chi connectivity index (χ4n) is 12.9. The summed E-state index contributed by atoms with van der Waals surface area (Å²) in [6.07, 6.45) is 16.6. The summed E-state index contributed by atoms with van der Waals surface area (Å²) >= 11 is 0. The van der Waals surface area contributed by atoms with Crippen LogP contribution in [-0.2, 0) is 43.5 Å². The zero-order valence-electron chi connectivity index (χ0n) is 36.9. The van der Waals surface area contributed by atoms with Crippen LogP contribution in [0.4, 0.5) is 0 Å². The Morgan fingerprint density at radius 2 is 1.37 bits per heavy atom. The maximum atomic E-state index is 7.07. The van der Waals surface area contributed by atoms with Crippen LogP contribution in [-0.4, -0.2) is 37.3 Å². The molecule has 3 aromatic rings. The van der Waals surface area contributed by atoms with Crippen molar-refractivity contribution in [3.05, 3.63) is 119 Å². The molecule has 4 unspecified atom stereocenters. The Balaban J connectivity index is 0.949. The predicted octanol–water partition coefficient (Wildman–Crippen LogP) is 12.9. The monoisotopic (exact) mass is 803 g/mol. The fourth-order valence-corrected chi connectivity index (χ4v) is 12.9. The molecule has 4 aliphatic carbocycles. The Labute approximate surface area is 357 Å². The van der Waals surface area contributed by atoms with E-state index in [0.717, 1.165) is 65.0 Å². The van der Waals surface area contributed by atoms with E-state index in [9.17, 15) is 0 Å². The largest absolute Gasteiger partial charge is 0.374 e.